The Kier molecular flexibility index (Phi) is 19.3. The summed E-state index contributed by atoms with van der Waals surface area (Å²) in [4.78, 5) is 26.8. The van der Waals surface area contributed by atoms with E-state index in [9.17, 15) is 9.59 Å². The zero-order valence-electron chi connectivity index (χ0n) is 13.9. The Balaban J connectivity index is 0. The van der Waals surface area contributed by atoms with E-state index in [2.05, 4.69) is 11.8 Å². The molecule has 22 heavy (non-hydrogen) atoms. The molecule has 0 saturated heterocycles. The molecule has 0 aliphatic carbocycles. The quantitative estimate of drug-likeness (QED) is 0.229. The number of ketones is 1. The third kappa shape index (κ3) is 13.7. The standard InChI is InChI=1S/C17H33NO3.Na.H/c1-3-4-5-6-7-8-9-10-11-12-13-14-16(19)15(2)17(20)21-18;;/h15H,3-14,18H2,1-2H3;;. The molecular weight excluding hydrogens is 289 g/mol. The topological polar surface area (TPSA) is 69.4 Å². The number of Topliss-reactive ketones (excluding diaryl/α,β-unsaturated/α-hetero) is 1. The molecule has 4 nitrogen and oxygen atoms in total. The van der Waals surface area contributed by atoms with Gasteiger partial charge in [-0.15, -0.1) is 0 Å². The van der Waals surface area contributed by atoms with E-state index in [-0.39, 0.29) is 35.3 Å². The van der Waals surface area contributed by atoms with Gasteiger partial charge in [0.2, 0.25) is 0 Å². The Morgan fingerprint density at radius 2 is 1.27 bits per heavy atom. The van der Waals surface area contributed by atoms with Gasteiger partial charge >= 0.3 is 35.5 Å². The fourth-order valence-corrected chi connectivity index (χ4v) is 2.41. The number of hydrogen-bond donors (Lipinski definition) is 1. The molecule has 0 heterocycles. The molecule has 126 valence electrons. The fraction of sp³-hybridized carbons (Fsp3) is 0.882. The van der Waals surface area contributed by atoms with Crippen molar-refractivity contribution in [3.8, 4) is 0 Å². The monoisotopic (exact) mass is 323 g/mol. The van der Waals surface area contributed by atoms with Gasteiger partial charge in [0.15, 0.2) is 0 Å². The number of carbonyl (C=O) groups is 2. The van der Waals surface area contributed by atoms with Gasteiger partial charge in [-0.25, -0.2) is 4.79 Å². The zero-order chi connectivity index (χ0) is 15.9. The summed E-state index contributed by atoms with van der Waals surface area (Å²) >= 11 is 0. The Morgan fingerprint density at radius 3 is 1.68 bits per heavy atom. The van der Waals surface area contributed by atoms with Crippen molar-refractivity contribution in [1.82, 2.24) is 0 Å². The van der Waals surface area contributed by atoms with Gasteiger partial charge in [0.05, 0.1) is 0 Å². The van der Waals surface area contributed by atoms with E-state index >= 15 is 0 Å². The molecule has 0 aliphatic rings. The van der Waals surface area contributed by atoms with Gasteiger partial charge in [0.25, 0.3) is 0 Å². The number of unbranched alkanes of at least 4 members (excludes halogenated alkanes) is 10. The second-order valence-electron chi connectivity index (χ2n) is 5.91. The average molecular weight is 323 g/mol. The van der Waals surface area contributed by atoms with E-state index in [4.69, 9.17) is 5.90 Å². The van der Waals surface area contributed by atoms with Crippen molar-refractivity contribution < 1.29 is 14.4 Å². The molecule has 1 unspecified atom stereocenters. The van der Waals surface area contributed by atoms with Crippen LogP contribution in [0.2, 0.25) is 0 Å². The summed E-state index contributed by atoms with van der Waals surface area (Å²) in [5.74, 6) is 3.34. The first-order chi connectivity index (χ1) is 10.1. The van der Waals surface area contributed by atoms with Crippen molar-refractivity contribution in [2.75, 3.05) is 0 Å². The minimum absolute atomic E-state index is 0. The summed E-state index contributed by atoms with van der Waals surface area (Å²) in [6.45, 7) is 3.79. The van der Waals surface area contributed by atoms with Crippen LogP contribution >= 0.6 is 0 Å². The van der Waals surface area contributed by atoms with E-state index in [0.717, 1.165) is 12.8 Å². The maximum absolute atomic E-state index is 11.6. The number of hydrogen-bond acceptors (Lipinski definition) is 4. The van der Waals surface area contributed by atoms with Gasteiger partial charge in [-0.2, -0.15) is 5.90 Å². The third-order valence-corrected chi connectivity index (χ3v) is 3.98. The summed E-state index contributed by atoms with van der Waals surface area (Å²) in [7, 11) is 0. The molecule has 0 rings (SSSR count). The second kappa shape index (κ2) is 17.5. The molecule has 2 N–H and O–H groups in total. The van der Waals surface area contributed by atoms with Crippen molar-refractivity contribution in [3.63, 3.8) is 0 Å². The summed E-state index contributed by atoms with van der Waals surface area (Å²) in [5.41, 5.74) is 0. The molecular formula is C17H34NNaO3. The van der Waals surface area contributed by atoms with Crippen LogP contribution in [0.15, 0.2) is 0 Å². The second-order valence-corrected chi connectivity index (χ2v) is 5.91. The molecule has 0 radical (unpaired) electrons. The molecule has 0 aromatic rings. The van der Waals surface area contributed by atoms with Crippen LogP contribution in [0.25, 0.3) is 0 Å². The van der Waals surface area contributed by atoms with Crippen LogP contribution in [0, 0.1) is 5.92 Å². The van der Waals surface area contributed by atoms with Crippen LogP contribution in [0.1, 0.15) is 90.9 Å². The Morgan fingerprint density at radius 1 is 0.864 bits per heavy atom. The Labute approximate surface area is 158 Å². The normalized spacial score (nSPS) is 11.6. The molecule has 0 amide bonds. The first kappa shape index (κ1) is 24.4. The number of rotatable bonds is 14. The van der Waals surface area contributed by atoms with Crippen LogP contribution < -0.4 is 5.90 Å². The Bertz CT molecular complexity index is 285. The van der Waals surface area contributed by atoms with E-state index in [1.165, 1.54) is 57.8 Å². The van der Waals surface area contributed by atoms with Crippen molar-refractivity contribution in [1.29, 1.82) is 0 Å². The summed E-state index contributed by atoms with van der Waals surface area (Å²) < 4.78 is 0. The number of nitrogens with two attached hydrogens (primary N) is 1. The van der Waals surface area contributed by atoms with Gasteiger partial charge in [0, 0.05) is 6.42 Å². The molecule has 0 saturated carbocycles. The molecule has 1 atom stereocenters. The van der Waals surface area contributed by atoms with E-state index < -0.39 is 11.9 Å². The molecule has 0 fully saturated rings. The minimum atomic E-state index is -0.724. The van der Waals surface area contributed by atoms with E-state index in [1.807, 2.05) is 0 Å². The summed E-state index contributed by atoms with van der Waals surface area (Å²) in [6.07, 6.45) is 14.2. The van der Waals surface area contributed by atoms with Gasteiger partial charge in [-0.05, 0) is 13.3 Å². The van der Waals surface area contributed by atoms with Crippen molar-refractivity contribution in [2.24, 2.45) is 11.8 Å². The molecule has 5 heteroatoms. The SMILES string of the molecule is CCCCCCCCCCCCCC(=O)C(C)C(=O)ON.[NaH]. The summed E-state index contributed by atoms with van der Waals surface area (Å²) in [6, 6.07) is 0. The predicted octanol–water partition coefficient (Wildman–Crippen LogP) is 3.66. The van der Waals surface area contributed by atoms with Gasteiger partial charge < -0.3 is 4.84 Å². The van der Waals surface area contributed by atoms with Crippen LogP contribution in [-0.2, 0) is 14.4 Å². The van der Waals surface area contributed by atoms with E-state index in [0.29, 0.717) is 6.42 Å². The van der Waals surface area contributed by atoms with Crippen molar-refractivity contribution in [2.45, 2.75) is 90.9 Å². The number of carbonyl (C=O) groups excluding carboxylic acids is 2. The molecule has 0 bridgehead atoms. The van der Waals surface area contributed by atoms with Crippen LogP contribution in [-0.4, -0.2) is 41.3 Å². The maximum atomic E-state index is 11.6. The average Bonchev–Trinajstić information content (AvgIpc) is 2.50. The zero-order valence-corrected chi connectivity index (χ0v) is 13.9. The molecule has 0 aliphatic heterocycles. The predicted molar refractivity (Wildman–Crippen MR) is 92.7 cm³/mol. The molecule has 0 aromatic carbocycles. The van der Waals surface area contributed by atoms with Crippen LogP contribution in [0.3, 0.4) is 0 Å². The van der Waals surface area contributed by atoms with Crippen LogP contribution in [0.4, 0.5) is 0 Å². The summed E-state index contributed by atoms with van der Waals surface area (Å²) in [5, 5.41) is 0. The van der Waals surface area contributed by atoms with Gasteiger partial charge in [0.1, 0.15) is 11.7 Å². The van der Waals surface area contributed by atoms with Crippen LogP contribution in [0.5, 0.6) is 0 Å². The molecule has 0 spiro atoms. The Hall–Kier alpha value is 0.1000. The van der Waals surface area contributed by atoms with Crippen molar-refractivity contribution >= 4 is 41.3 Å². The fourth-order valence-electron chi connectivity index (χ4n) is 2.41. The molecule has 0 aromatic heterocycles. The van der Waals surface area contributed by atoms with Gasteiger partial charge in [-0.1, -0.05) is 71.1 Å². The first-order valence-electron chi connectivity index (χ1n) is 8.56. The van der Waals surface area contributed by atoms with E-state index in [1.54, 1.807) is 6.92 Å². The van der Waals surface area contributed by atoms with Crippen molar-refractivity contribution in [3.05, 3.63) is 0 Å². The third-order valence-electron chi connectivity index (χ3n) is 3.98. The first-order valence-corrected chi connectivity index (χ1v) is 8.56. The van der Waals surface area contributed by atoms with Gasteiger partial charge in [-0.3, -0.25) is 4.79 Å².